The van der Waals surface area contributed by atoms with Gasteiger partial charge in [-0.05, 0) is 12.5 Å². The molecule has 8 nitrogen and oxygen atoms in total. The molecule has 0 aliphatic heterocycles. The first-order valence-electron chi connectivity index (χ1n) is 7.90. The van der Waals surface area contributed by atoms with E-state index in [0.717, 1.165) is 22.1 Å². The number of aryl methyl sites for hydroxylation is 2. The molecule has 0 bridgehead atoms. The monoisotopic (exact) mass is 371 g/mol. The average molecular weight is 371 g/mol. The molecule has 0 N–H and O–H groups in total. The van der Waals surface area contributed by atoms with Gasteiger partial charge in [-0.3, -0.25) is 14.9 Å². The molecule has 134 valence electrons. The van der Waals surface area contributed by atoms with Crippen molar-refractivity contribution in [1.82, 2.24) is 19.3 Å². The molecule has 3 rings (SSSR count). The maximum Gasteiger partial charge on any atom is 0.285 e. The molecular weight excluding hydrogens is 354 g/mol. The van der Waals surface area contributed by atoms with Crippen LogP contribution in [0.4, 0.5) is 5.69 Å². The number of hydrogen-bond donors (Lipinski definition) is 0. The molecule has 1 aromatic carbocycles. The predicted octanol–water partition coefficient (Wildman–Crippen LogP) is 2.65. The number of rotatable bonds is 6. The fraction of sp³-hybridized carbons (Fsp3) is 0.235. The summed E-state index contributed by atoms with van der Waals surface area (Å²) in [7, 11) is 1.89. The summed E-state index contributed by atoms with van der Waals surface area (Å²) >= 11 is 1.45. The van der Waals surface area contributed by atoms with Crippen molar-refractivity contribution in [2.75, 3.05) is 5.75 Å². The molecular formula is C17H17N5O3S. The molecule has 0 saturated heterocycles. The van der Waals surface area contributed by atoms with E-state index in [9.17, 15) is 14.9 Å². The van der Waals surface area contributed by atoms with Crippen molar-refractivity contribution < 1.29 is 4.92 Å². The molecule has 2 heterocycles. The molecule has 9 heteroatoms. The van der Waals surface area contributed by atoms with Crippen molar-refractivity contribution in [3.63, 3.8) is 0 Å². The third-order valence-corrected chi connectivity index (χ3v) is 4.96. The van der Waals surface area contributed by atoms with E-state index in [1.165, 1.54) is 34.7 Å². The van der Waals surface area contributed by atoms with Crippen molar-refractivity contribution in [2.24, 2.45) is 7.05 Å². The quantitative estimate of drug-likeness (QED) is 0.375. The van der Waals surface area contributed by atoms with Gasteiger partial charge in [-0.25, -0.2) is 0 Å². The summed E-state index contributed by atoms with van der Waals surface area (Å²) in [6.45, 7) is 2.36. The first kappa shape index (κ1) is 17.9. The Kier molecular flexibility index (Phi) is 5.17. The summed E-state index contributed by atoms with van der Waals surface area (Å²) in [5.74, 6) is 1.32. The van der Waals surface area contributed by atoms with E-state index in [-0.39, 0.29) is 11.2 Å². The van der Waals surface area contributed by atoms with Crippen LogP contribution in [0, 0.1) is 17.0 Å². The van der Waals surface area contributed by atoms with Gasteiger partial charge in [0.2, 0.25) is 0 Å². The van der Waals surface area contributed by atoms with Crippen LogP contribution in [0.1, 0.15) is 5.56 Å². The SMILES string of the molecule is Cc1ccccc1-c1nnc(SCCn2cc([N+](=O)[O-])ccc2=O)n1C. The number of nitro groups is 1. The molecule has 0 aliphatic rings. The molecule has 0 atom stereocenters. The Morgan fingerprint density at radius 1 is 1.19 bits per heavy atom. The Morgan fingerprint density at radius 3 is 2.69 bits per heavy atom. The topological polar surface area (TPSA) is 95.8 Å². The smallest absolute Gasteiger partial charge is 0.285 e. The molecule has 0 unspecified atom stereocenters. The number of aromatic nitrogens is 4. The van der Waals surface area contributed by atoms with E-state index in [1.807, 2.05) is 42.8 Å². The molecule has 2 aromatic heterocycles. The van der Waals surface area contributed by atoms with Gasteiger partial charge < -0.3 is 9.13 Å². The van der Waals surface area contributed by atoms with Gasteiger partial charge in [0.25, 0.3) is 11.2 Å². The van der Waals surface area contributed by atoms with Crippen LogP contribution < -0.4 is 5.56 Å². The van der Waals surface area contributed by atoms with Crippen LogP contribution in [0.2, 0.25) is 0 Å². The Labute approximate surface area is 153 Å². The zero-order valence-corrected chi connectivity index (χ0v) is 15.1. The van der Waals surface area contributed by atoms with Crippen LogP contribution >= 0.6 is 11.8 Å². The summed E-state index contributed by atoms with van der Waals surface area (Å²) in [4.78, 5) is 22.1. The van der Waals surface area contributed by atoms with Gasteiger partial charge in [0.05, 0.1) is 11.1 Å². The average Bonchev–Trinajstić information content (AvgIpc) is 2.97. The third-order valence-electron chi connectivity index (χ3n) is 3.96. The van der Waals surface area contributed by atoms with Crippen LogP contribution in [0.3, 0.4) is 0 Å². The maximum absolute atomic E-state index is 11.8. The van der Waals surface area contributed by atoms with E-state index in [2.05, 4.69) is 10.2 Å². The summed E-state index contributed by atoms with van der Waals surface area (Å²) in [6, 6.07) is 10.4. The molecule has 0 saturated carbocycles. The summed E-state index contributed by atoms with van der Waals surface area (Å²) in [6.07, 6.45) is 1.26. The number of thioether (sulfide) groups is 1. The molecule has 0 aliphatic carbocycles. The molecule has 0 spiro atoms. The van der Waals surface area contributed by atoms with Gasteiger partial charge in [-0.15, -0.1) is 10.2 Å². The lowest BCUT2D eigenvalue weighted by molar-refractivity contribution is -0.385. The van der Waals surface area contributed by atoms with Crippen LogP contribution in [-0.2, 0) is 13.6 Å². The van der Waals surface area contributed by atoms with Crippen molar-refractivity contribution in [3.8, 4) is 11.4 Å². The number of hydrogen-bond acceptors (Lipinski definition) is 6. The highest BCUT2D eigenvalue weighted by molar-refractivity contribution is 7.99. The Balaban J connectivity index is 1.72. The highest BCUT2D eigenvalue weighted by Gasteiger charge is 2.13. The molecule has 0 radical (unpaired) electrons. The Morgan fingerprint density at radius 2 is 1.96 bits per heavy atom. The van der Waals surface area contributed by atoms with Crippen LogP contribution in [0.5, 0.6) is 0 Å². The lowest BCUT2D eigenvalue weighted by atomic mass is 10.1. The van der Waals surface area contributed by atoms with Crippen LogP contribution in [0.15, 0.2) is 52.5 Å². The number of pyridine rings is 1. The van der Waals surface area contributed by atoms with Gasteiger partial charge in [0, 0.05) is 37.0 Å². The zero-order valence-electron chi connectivity index (χ0n) is 14.3. The van der Waals surface area contributed by atoms with Gasteiger partial charge in [0.1, 0.15) is 0 Å². The second kappa shape index (κ2) is 7.52. The van der Waals surface area contributed by atoms with Gasteiger partial charge in [0.15, 0.2) is 11.0 Å². The van der Waals surface area contributed by atoms with Crippen molar-refractivity contribution >= 4 is 17.4 Å². The molecule has 3 aromatic rings. The highest BCUT2D eigenvalue weighted by Crippen LogP contribution is 2.25. The minimum atomic E-state index is -0.514. The zero-order chi connectivity index (χ0) is 18.7. The summed E-state index contributed by atoms with van der Waals surface area (Å²) in [5.41, 5.74) is 1.76. The van der Waals surface area contributed by atoms with E-state index < -0.39 is 4.92 Å². The number of benzene rings is 1. The van der Waals surface area contributed by atoms with Crippen LogP contribution in [-0.4, -0.2) is 30.0 Å². The summed E-state index contributed by atoms with van der Waals surface area (Å²) in [5, 5.41) is 20.0. The van der Waals surface area contributed by atoms with Gasteiger partial charge >= 0.3 is 0 Å². The minimum absolute atomic E-state index is 0.102. The Hall–Kier alpha value is -2.94. The fourth-order valence-corrected chi connectivity index (χ4v) is 3.38. The largest absolute Gasteiger partial charge is 0.308 e. The molecule has 0 amide bonds. The lowest BCUT2D eigenvalue weighted by Gasteiger charge is -2.07. The molecule has 26 heavy (non-hydrogen) atoms. The van der Waals surface area contributed by atoms with Crippen molar-refractivity contribution in [1.29, 1.82) is 0 Å². The van der Waals surface area contributed by atoms with E-state index in [0.29, 0.717) is 12.3 Å². The fourth-order valence-electron chi connectivity index (χ4n) is 2.54. The molecule has 0 fully saturated rings. The van der Waals surface area contributed by atoms with E-state index in [4.69, 9.17) is 0 Å². The standard InChI is InChI=1S/C17H17N5O3S/c1-12-5-3-4-6-14(12)16-18-19-17(20(16)2)26-10-9-21-11-13(22(24)25)7-8-15(21)23/h3-8,11H,9-10H2,1-2H3. The third kappa shape index (κ3) is 3.67. The van der Waals surface area contributed by atoms with Gasteiger partial charge in [-0.1, -0.05) is 36.0 Å². The first-order chi connectivity index (χ1) is 12.5. The highest BCUT2D eigenvalue weighted by atomic mass is 32.2. The van der Waals surface area contributed by atoms with E-state index >= 15 is 0 Å². The first-order valence-corrected chi connectivity index (χ1v) is 8.89. The second-order valence-electron chi connectivity index (χ2n) is 5.70. The van der Waals surface area contributed by atoms with Crippen molar-refractivity contribution in [3.05, 3.63) is 68.6 Å². The van der Waals surface area contributed by atoms with E-state index in [1.54, 1.807) is 0 Å². The summed E-state index contributed by atoms with van der Waals surface area (Å²) < 4.78 is 3.24. The maximum atomic E-state index is 11.8. The van der Waals surface area contributed by atoms with Crippen LogP contribution in [0.25, 0.3) is 11.4 Å². The normalized spacial score (nSPS) is 10.8. The van der Waals surface area contributed by atoms with Gasteiger partial charge in [-0.2, -0.15) is 0 Å². The lowest BCUT2D eigenvalue weighted by Crippen LogP contribution is -2.20. The van der Waals surface area contributed by atoms with Crippen molar-refractivity contribution in [2.45, 2.75) is 18.6 Å². The second-order valence-corrected chi connectivity index (χ2v) is 6.77. The number of nitrogens with zero attached hydrogens (tertiary/aromatic N) is 5. The minimum Gasteiger partial charge on any atom is -0.308 e. The Bertz CT molecular complexity index is 1010. The predicted molar refractivity (Wildman–Crippen MR) is 99.3 cm³/mol.